The number of carbonyl (C=O) groups excluding carboxylic acids is 2. The van der Waals surface area contributed by atoms with E-state index in [2.05, 4.69) is 0 Å². The van der Waals surface area contributed by atoms with Gasteiger partial charge < -0.3 is 15.1 Å². The van der Waals surface area contributed by atoms with E-state index in [4.69, 9.17) is 20.2 Å². The zero-order chi connectivity index (χ0) is 17.9. The van der Waals surface area contributed by atoms with E-state index in [1.54, 1.807) is 17.6 Å². The minimum atomic E-state index is -1.83. The van der Waals surface area contributed by atoms with Crippen LogP contribution in [0.15, 0.2) is 30.3 Å². The maximum absolute atomic E-state index is 12.6. The van der Waals surface area contributed by atoms with Crippen molar-refractivity contribution < 1.29 is 29.8 Å². The Kier molecular flexibility index (Phi) is 8.28. The highest BCUT2D eigenvalue weighted by Gasteiger charge is 2.28. The van der Waals surface area contributed by atoms with Crippen LogP contribution in [-0.2, 0) is 9.59 Å². The zero-order valence-corrected chi connectivity index (χ0v) is 13.2. The van der Waals surface area contributed by atoms with Gasteiger partial charge in [0, 0.05) is 11.6 Å². The first-order valence-electron chi connectivity index (χ1n) is 7.67. The van der Waals surface area contributed by atoms with Gasteiger partial charge in [0.15, 0.2) is 0 Å². The number of nitrogens with zero attached hydrogens (tertiary/aromatic N) is 1. The lowest BCUT2D eigenvalue weighted by Crippen LogP contribution is -2.43. The molecular weight excluding hydrogens is 316 g/mol. The number of hydrogen-bond donors (Lipinski definition) is 4. The molecule has 1 aromatic carbocycles. The maximum atomic E-state index is 12.6. The van der Waals surface area contributed by atoms with E-state index in [1.165, 1.54) is 11.3 Å². The molecule has 1 aliphatic rings. The number of carboxylic acid groups (broad SMARTS) is 2. The molecule has 1 aliphatic carbocycles. The molecule has 0 aromatic heterocycles. The van der Waals surface area contributed by atoms with Gasteiger partial charge >= 0.3 is 6.16 Å². The first kappa shape index (κ1) is 19.4. The molecule has 0 atom stereocenters. The van der Waals surface area contributed by atoms with Crippen molar-refractivity contribution in [1.82, 2.24) is 5.48 Å². The van der Waals surface area contributed by atoms with Gasteiger partial charge in [0.05, 0.1) is 0 Å². The van der Waals surface area contributed by atoms with Gasteiger partial charge in [-0.2, -0.15) is 0 Å². The largest absolute Gasteiger partial charge is 0.503 e. The van der Waals surface area contributed by atoms with E-state index < -0.39 is 12.1 Å². The van der Waals surface area contributed by atoms with Crippen molar-refractivity contribution >= 4 is 23.7 Å². The highest BCUT2D eigenvalue weighted by Crippen LogP contribution is 2.27. The normalized spacial score (nSPS) is 14.0. The van der Waals surface area contributed by atoms with Gasteiger partial charge in [-0.3, -0.25) is 14.8 Å². The molecule has 0 saturated heterocycles. The Labute approximate surface area is 139 Å². The van der Waals surface area contributed by atoms with Gasteiger partial charge in [-0.25, -0.2) is 10.3 Å². The number of nitrogens with one attached hydrogen (secondary N) is 1. The summed E-state index contributed by atoms with van der Waals surface area (Å²) in [6, 6.07) is 9.11. The van der Waals surface area contributed by atoms with Crippen molar-refractivity contribution in [3.8, 4) is 0 Å². The van der Waals surface area contributed by atoms with E-state index in [-0.39, 0.29) is 18.4 Å². The number of hydroxylamine groups is 1. The third-order valence-corrected chi connectivity index (χ3v) is 3.71. The Morgan fingerprint density at radius 2 is 1.58 bits per heavy atom. The Morgan fingerprint density at radius 1 is 1.04 bits per heavy atom. The molecule has 0 heterocycles. The standard InChI is InChI=1S/C15H20N2O3.CH2O3/c18-14(16-20)11-17(13-9-5-2-6-10-13)15(19)12-7-3-1-4-8-12;2-1(3)4/h2,5-6,9-10,12,20H,1,3-4,7-8,11H2,(H,16,18);(H2,2,3,4). The molecule has 8 nitrogen and oxygen atoms in total. The van der Waals surface area contributed by atoms with E-state index in [9.17, 15) is 9.59 Å². The fraction of sp³-hybridized carbons (Fsp3) is 0.438. The molecule has 2 rings (SSSR count). The number of amides is 2. The van der Waals surface area contributed by atoms with E-state index in [0.29, 0.717) is 5.69 Å². The summed E-state index contributed by atoms with van der Waals surface area (Å²) in [6.07, 6.45) is 3.22. The van der Waals surface area contributed by atoms with Crippen molar-refractivity contribution in [2.24, 2.45) is 5.92 Å². The van der Waals surface area contributed by atoms with Crippen LogP contribution in [0.1, 0.15) is 32.1 Å². The monoisotopic (exact) mass is 338 g/mol. The average Bonchev–Trinajstić information content (AvgIpc) is 2.60. The second-order valence-corrected chi connectivity index (χ2v) is 5.41. The molecule has 0 bridgehead atoms. The van der Waals surface area contributed by atoms with Crippen LogP contribution in [0.2, 0.25) is 0 Å². The third-order valence-electron chi connectivity index (χ3n) is 3.71. The summed E-state index contributed by atoms with van der Waals surface area (Å²) in [5, 5.41) is 22.6. The van der Waals surface area contributed by atoms with Crippen molar-refractivity contribution in [3.05, 3.63) is 30.3 Å². The van der Waals surface area contributed by atoms with E-state index in [1.807, 2.05) is 18.2 Å². The predicted octanol–water partition coefficient (Wildman–Crippen LogP) is 2.33. The molecule has 2 amide bonds. The first-order chi connectivity index (χ1) is 11.5. The number of benzene rings is 1. The second kappa shape index (κ2) is 10.2. The van der Waals surface area contributed by atoms with Gasteiger partial charge in [0.2, 0.25) is 5.91 Å². The molecular formula is C16H22N2O6. The molecule has 1 saturated carbocycles. The summed E-state index contributed by atoms with van der Waals surface area (Å²) in [5.74, 6) is -0.632. The average molecular weight is 338 g/mol. The van der Waals surface area contributed by atoms with E-state index in [0.717, 1.165) is 25.7 Å². The molecule has 0 unspecified atom stereocenters. The third kappa shape index (κ3) is 6.66. The molecule has 1 fully saturated rings. The lowest BCUT2D eigenvalue weighted by atomic mass is 9.88. The minimum absolute atomic E-state index is 0.0181. The SMILES string of the molecule is O=C(CN(C(=O)C1CCCCC1)c1ccccc1)NO.O=C(O)O. The van der Waals surface area contributed by atoms with Crippen LogP contribution >= 0.6 is 0 Å². The Morgan fingerprint density at radius 3 is 2.08 bits per heavy atom. The molecule has 0 radical (unpaired) electrons. The predicted molar refractivity (Wildman–Crippen MR) is 86.0 cm³/mol. The Balaban J connectivity index is 0.000000648. The van der Waals surface area contributed by atoms with Crippen LogP contribution < -0.4 is 10.4 Å². The second-order valence-electron chi connectivity index (χ2n) is 5.41. The molecule has 132 valence electrons. The van der Waals surface area contributed by atoms with Gasteiger partial charge in [0.1, 0.15) is 6.54 Å². The number of carbonyl (C=O) groups is 3. The van der Waals surface area contributed by atoms with Crippen LogP contribution in [0.4, 0.5) is 10.5 Å². The molecule has 0 aliphatic heterocycles. The molecule has 1 aromatic rings. The lowest BCUT2D eigenvalue weighted by Gasteiger charge is -2.28. The van der Waals surface area contributed by atoms with Gasteiger partial charge in [0.25, 0.3) is 5.91 Å². The first-order valence-corrected chi connectivity index (χ1v) is 7.67. The molecule has 8 heteroatoms. The Bertz CT molecular complexity index is 539. The quantitative estimate of drug-likeness (QED) is 0.493. The summed E-state index contributed by atoms with van der Waals surface area (Å²) in [5.41, 5.74) is 2.28. The fourth-order valence-corrected chi connectivity index (χ4v) is 2.65. The molecule has 24 heavy (non-hydrogen) atoms. The van der Waals surface area contributed by atoms with Gasteiger partial charge in [-0.1, -0.05) is 37.5 Å². The van der Waals surface area contributed by atoms with Gasteiger partial charge in [-0.05, 0) is 25.0 Å². The summed E-state index contributed by atoms with van der Waals surface area (Å²) in [4.78, 5) is 34.1. The number of hydrogen-bond acceptors (Lipinski definition) is 4. The van der Waals surface area contributed by atoms with Crippen LogP contribution in [0.25, 0.3) is 0 Å². The fourth-order valence-electron chi connectivity index (χ4n) is 2.65. The highest BCUT2D eigenvalue weighted by molar-refractivity contribution is 5.99. The number of anilines is 1. The van der Waals surface area contributed by atoms with Crippen LogP contribution in [0.3, 0.4) is 0 Å². The molecule has 4 N–H and O–H groups in total. The summed E-state index contributed by atoms with van der Waals surface area (Å²) < 4.78 is 0. The maximum Gasteiger partial charge on any atom is 0.503 e. The minimum Gasteiger partial charge on any atom is -0.450 e. The van der Waals surface area contributed by atoms with Crippen molar-refractivity contribution in [3.63, 3.8) is 0 Å². The smallest absolute Gasteiger partial charge is 0.450 e. The van der Waals surface area contributed by atoms with E-state index >= 15 is 0 Å². The van der Waals surface area contributed by atoms with Crippen molar-refractivity contribution in [1.29, 1.82) is 0 Å². The molecule has 0 spiro atoms. The highest BCUT2D eigenvalue weighted by atomic mass is 16.6. The summed E-state index contributed by atoms with van der Waals surface area (Å²) in [6.45, 7) is -0.157. The number of para-hydroxylation sites is 1. The van der Waals surface area contributed by atoms with Gasteiger partial charge in [-0.15, -0.1) is 0 Å². The van der Waals surface area contributed by atoms with Crippen molar-refractivity contribution in [2.75, 3.05) is 11.4 Å². The summed E-state index contributed by atoms with van der Waals surface area (Å²) >= 11 is 0. The topological polar surface area (TPSA) is 127 Å². The van der Waals surface area contributed by atoms with Crippen LogP contribution in [0, 0.1) is 5.92 Å². The summed E-state index contributed by atoms with van der Waals surface area (Å²) in [7, 11) is 0. The number of rotatable bonds is 4. The lowest BCUT2D eigenvalue weighted by molar-refractivity contribution is -0.130. The van der Waals surface area contributed by atoms with Crippen LogP contribution in [-0.4, -0.2) is 39.9 Å². The van der Waals surface area contributed by atoms with Crippen LogP contribution in [0.5, 0.6) is 0 Å². The Hall–Kier alpha value is -2.61. The van der Waals surface area contributed by atoms with Crippen molar-refractivity contribution in [2.45, 2.75) is 32.1 Å². The zero-order valence-electron chi connectivity index (χ0n) is 13.2.